The number of rotatable bonds is 3. The van der Waals surface area contributed by atoms with Crippen LogP contribution >= 0.6 is 0 Å². The van der Waals surface area contributed by atoms with Gasteiger partial charge in [0.25, 0.3) is 5.56 Å². The number of benzene rings is 1. The SMILES string of the molecule is CC1CCc2cc1c(=O)n(-c1cc(OC3CCCCC3)ccc1F)c2O. The maximum atomic E-state index is 14.6. The molecule has 4 nitrogen and oxygen atoms in total. The molecule has 1 heterocycles. The maximum absolute atomic E-state index is 14.6. The Morgan fingerprint density at radius 3 is 2.69 bits per heavy atom. The lowest BCUT2D eigenvalue weighted by Gasteiger charge is -2.25. The number of aromatic nitrogens is 1. The molecule has 0 spiro atoms. The Bertz CT molecular complexity index is 884. The molecule has 0 saturated heterocycles. The molecule has 1 aromatic carbocycles. The quantitative estimate of drug-likeness (QED) is 0.883. The third kappa shape index (κ3) is 3.00. The molecule has 2 bridgehead atoms. The van der Waals surface area contributed by atoms with Gasteiger partial charge < -0.3 is 9.84 Å². The van der Waals surface area contributed by atoms with Crippen LogP contribution in [0.5, 0.6) is 11.6 Å². The van der Waals surface area contributed by atoms with Crippen LogP contribution in [0.2, 0.25) is 0 Å². The van der Waals surface area contributed by atoms with Crippen LogP contribution in [-0.2, 0) is 6.42 Å². The molecule has 0 aliphatic heterocycles. The van der Waals surface area contributed by atoms with Gasteiger partial charge in [0.2, 0.25) is 5.88 Å². The minimum absolute atomic E-state index is 0.0537. The average molecular weight is 357 g/mol. The van der Waals surface area contributed by atoms with Crippen LogP contribution in [0.3, 0.4) is 0 Å². The minimum atomic E-state index is -0.547. The fourth-order valence-electron chi connectivity index (χ4n) is 4.08. The lowest BCUT2D eigenvalue weighted by molar-refractivity contribution is 0.155. The van der Waals surface area contributed by atoms with Crippen LogP contribution < -0.4 is 10.3 Å². The van der Waals surface area contributed by atoms with Gasteiger partial charge in [0, 0.05) is 17.2 Å². The van der Waals surface area contributed by atoms with Crippen LogP contribution in [0.25, 0.3) is 5.69 Å². The smallest absolute Gasteiger partial charge is 0.261 e. The van der Waals surface area contributed by atoms with E-state index in [9.17, 15) is 14.3 Å². The number of nitrogens with zero attached hydrogens (tertiary/aromatic N) is 1. The molecule has 2 aromatic rings. The molecule has 138 valence electrons. The molecule has 4 rings (SSSR count). The van der Waals surface area contributed by atoms with Gasteiger partial charge in [-0.05, 0) is 62.6 Å². The Morgan fingerprint density at radius 1 is 1.15 bits per heavy atom. The van der Waals surface area contributed by atoms with E-state index in [1.54, 1.807) is 12.1 Å². The highest BCUT2D eigenvalue weighted by molar-refractivity contribution is 5.47. The van der Waals surface area contributed by atoms with Crippen molar-refractivity contribution in [2.75, 3.05) is 0 Å². The molecule has 2 aliphatic carbocycles. The molecule has 1 atom stereocenters. The number of ether oxygens (including phenoxy) is 1. The molecular formula is C21H24FNO3. The molecule has 0 amide bonds. The molecular weight excluding hydrogens is 333 g/mol. The van der Waals surface area contributed by atoms with Crippen molar-refractivity contribution in [3.05, 3.63) is 51.6 Å². The van der Waals surface area contributed by atoms with Gasteiger partial charge in [-0.25, -0.2) is 8.96 Å². The van der Waals surface area contributed by atoms with Gasteiger partial charge in [0.05, 0.1) is 11.8 Å². The summed E-state index contributed by atoms with van der Waals surface area (Å²) in [5, 5.41) is 10.6. The first kappa shape index (κ1) is 17.1. The zero-order valence-electron chi connectivity index (χ0n) is 15.0. The number of aryl methyl sites for hydroxylation is 1. The van der Waals surface area contributed by atoms with Crippen LogP contribution in [0.1, 0.15) is 62.5 Å². The number of aromatic hydroxyl groups is 1. The first-order chi connectivity index (χ1) is 12.5. The summed E-state index contributed by atoms with van der Waals surface area (Å²) < 4.78 is 21.7. The van der Waals surface area contributed by atoms with Gasteiger partial charge in [0.1, 0.15) is 11.6 Å². The number of halogens is 1. The Hall–Kier alpha value is -2.30. The monoisotopic (exact) mass is 357 g/mol. The van der Waals surface area contributed by atoms with Crippen LogP contribution in [0.4, 0.5) is 4.39 Å². The highest BCUT2D eigenvalue weighted by Gasteiger charge is 2.25. The van der Waals surface area contributed by atoms with E-state index in [4.69, 9.17) is 4.74 Å². The van der Waals surface area contributed by atoms with Crippen molar-refractivity contribution >= 4 is 0 Å². The van der Waals surface area contributed by atoms with Gasteiger partial charge in [-0.1, -0.05) is 13.3 Å². The van der Waals surface area contributed by atoms with Gasteiger partial charge in [-0.15, -0.1) is 0 Å². The number of hydrogen-bond donors (Lipinski definition) is 1. The summed E-state index contributed by atoms with van der Waals surface area (Å²) in [6.45, 7) is 1.99. The summed E-state index contributed by atoms with van der Waals surface area (Å²) >= 11 is 0. The van der Waals surface area contributed by atoms with Gasteiger partial charge >= 0.3 is 0 Å². The van der Waals surface area contributed by atoms with Gasteiger partial charge in [0.15, 0.2) is 0 Å². The van der Waals surface area contributed by atoms with E-state index in [0.29, 0.717) is 23.3 Å². The van der Waals surface area contributed by atoms with E-state index in [0.717, 1.165) is 36.7 Å². The fourth-order valence-corrected chi connectivity index (χ4v) is 4.08. The van der Waals surface area contributed by atoms with Crippen molar-refractivity contribution in [2.24, 2.45) is 0 Å². The van der Waals surface area contributed by atoms with Crippen molar-refractivity contribution in [3.8, 4) is 17.3 Å². The third-order valence-corrected chi connectivity index (χ3v) is 5.67. The predicted molar refractivity (Wildman–Crippen MR) is 97.9 cm³/mol. The largest absolute Gasteiger partial charge is 0.494 e. The highest BCUT2D eigenvalue weighted by Crippen LogP contribution is 2.33. The van der Waals surface area contributed by atoms with E-state index in [2.05, 4.69) is 0 Å². The molecule has 5 heteroatoms. The zero-order chi connectivity index (χ0) is 18.3. The van der Waals surface area contributed by atoms with Crippen molar-refractivity contribution in [1.29, 1.82) is 0 Å². The lowest BCUT2D eigenvalue weighted by Crippen LogP contribution is -2.28. The molecule has 0 radical (unpaired) electrons. The van der Waals surface area contributed by atoms with E-state index in [1.165, 1.54) is 18.6 Å². The molecule has 2 aliphatic rings. The fraction of sp³-hybridized carbons (Fsp3) is 0.476. The van der Waals surface area contributed by atoms with E-state index < -0.39 is 5.82 Å². The van der Waals surface area contributed by atoms with Crippen molar-refractivity contribution < 1.29 is 14.2 Å². The summed E-state index contributed by atoms with van der Waals surface area (Å²) in [5.41, 5.74) is 1.02. The normalized spacial score (nSPS) is 20.2. The van der Waals surface area contributed by atoms with E-state index in [-0.39, 0.29) is 29.1 Å². The van der Waals surface area contributed by atoms with Gasteiger partial charge in [-0.2, -0.15) is 0 Å². The first-order valence-corrected chi connectivity index (χ1v) is 9.49. The Morgan fingerprint density at radius 2 is 1.92 bits per heavy atom. The molecule has 1 N–H and O–H groups in total. The minimum Gasteiger partial charge on any atom is -0.494 e. The summed E-state index contributed by atoms with van der Waals surface area (Å²) in [4.78, 5) is 12.9. The topological polar surface area (TPSA) is 51.5 Å². The van der Waals surface area contributed by atoms with Crippen LogP contribution in [0.15, 0.2) is 29.1 Å². The zero-order valence-corrected chi connectivity index (χ0v) is 15.0. The summed E-state index contributed by atoms with van der Waals surface area (Å²) in [5.74, 6) is -0.0719. The van der Waals surface area contributed by atoms with Crippen molar-refractivity contribution in [2.45, 2.75) is 63.9 Å². The first-order valence-electron chi connectivity index (χ1n) is 9.49. The summed E-state index contributed by atoms with van der Waals surface area (Å²) in [6.07, 6.45) is 7.13. The summed E-state index contributed by atoms with van der Waals surface area (Å²) in [6, 6.07) is 6.18. The Labute approximate surface area is 152 Å². The predicted octanol–water partition coefficient (Wildman–Crippen LogP) is 4.44. The Balaban J connectivity index is 1.76. The second-order valence-electron chi connectivity index (χ2n) is 7.52. The van der Waals surface area contributed by atoms with Crippen molar-refractivity contribution in [1.82, 2.24) is 4.57 Å². The molecule has 1 unspecified atom stereocenters. The van der Waals surface area contributed by atoms with Crippen LogP contribution in [-0.4, -0.2) is 15.8 Å². The second-order valence-corrected chi connectivity index (χ2v) is 7.52. The molecule has 1 saturated carbocycles. The van der Waals surface area contributed by atoms with Gasteiger partial charge in [-0.3, -0.25) is 4.79 Å². The van der Waals surface area contributed by atoms with E-state index >= 15 is 0 Å². The Kier molecular flexibility index (Phi) is 4.47. The molecule has 26 heavy (non-hydrogen) atoms. The average Bonchev–Trinajstić information content (AvgIpc) is 2.65. The second kappa shape index (κ2) is 6.78. The highest BCUT2D eigenvalue weighted by atomic mass is 19.1. The lowest BCUT2D eigenvalue weighted by atomic mass is 9.88. The van der Waals surface area contributed by atoms with Crippen LogP contribution in [0, 0.1) is 5.82 Å². The molecule has 1 aromatic heterocycles. The molecule has 1 fully saturated rings. The summed E-state index contributed by atoms with van der Waals surface area (Å²) in [7, 11) is 0. The number of pyridine rings is 1. The van der Waals surface area contributed by atoms with Crippen molar-refractivity contribution in [3.63, 3.8) is 0 Å². The third-order valence-electron chi connectivity index (χ3n) is 5.67. The number of hydrogen-bond acceptors (Lipinski definition) is 3. The standard InChI is InChI=1S/C21H24FNO3/c1-13-7-8-14-11-17(13)21(25)23(20(14)24)19-12-16(9-10-18(19)22)26-15-5-3-2-4-6-15/h9-13,15,24H,2-8H2,1H3. The maximum Gasteiger partial charge on any atom is 0.261 e. The van der Waals surface area contributed by atoms with E-state index in [1.807, 2.05) is 6.92 Å². The number of fused-ring (bicyclic) bond motifs is 2.